The molecule has 3 aromatic rings. The summed E-state index contributed by atoms with van der Waals surface area (Å²) in [5, 5.41) is 22.2. The first-order valence-corrected chi connectivity index (χ1v) is 10.2. The summed E-state index contributed by atoms with van der Waals surface area (Å²) in [5.41, 5.74) is 2.01. The highest BCUT2D eigenvalue weighted by Crippen LogP contribution is 2.29. The first-order chi connectivity index (χ1) is 15.3. The van der Waals surface area contributed by atoms with Crippen molar-refractivity contribution >= 4 is 17.3 Å². The minimum atomic E-state index is -0.492. The molecule has 0 unspecified atom stereocenters. The van der Waals surface area contributed by atoms with E-state index in [4.69, 9.17) is 9.47 Å². The predicted octanol–water partition coefficient (Wildman–Crippen LogP) is 3.09. The van der Waals surface area contributed by atoms with Crippen molar-refractivity contribution in [3.63, 3.8) is 0 Å². The Kier molecular flexibility index (Phi) is 7.08. The minimum absolute atomic E-state index is 0.0765. The number of benzene rings is 1. The molecule has 3 rings (SSSR count). The zero-order valence-electron chi connectivity index (χ0n) is 18.5. The van der Waals surface area contributed by atoms with Gasteiger partial charge in [0.1, 0.15) is 17.9 Å². The number of hydrogen-bond acceptors (Lipinski definition) is 7. The van der Waals surface area contributed by atoms with E-state index in [1.54, 1.807) is 30.9 Å². The molecule has 0 spiro atoms. The number of amides is 1. The molecule has 1 aromatic carbocycles. The maximum atomic E-state index is 12.4. The van der Waals surface area contributed by atoms with E-state index >= 15 is 0 Å². The molecule has 0 aliphatic heterocycles. The molecular formula is C21H26N6O5. The van der Waals surface area contributed by atoms with Gasteiger partial charge in [0.25, 0.3) is 0 Å². The first-order valence-electron chi connectivity index (χ1n) is 10.2. The van der Waals surface area contributed by atoms with Crippen molar-refractivity contribution in [3.05, 3.63) is 57.7 Å². The van der Waals surface area contributed by atoms with Crippen molar-refractivity contribution in [1.82, 2.24) is 19.6 Å². The Labute approximate surface area is 185 Å². The normalized spacial score (nSPS) is 10.8. The van der Waals surface area contributed by atoms with E-state index in [2.05, 4.69) is 15.5 Å². The number of anilines is 1. The fourth-order valence-electron chi connectivity index (χ4n) is 3.34. The van der Waals surface area contributed by atoms with Crippen LogP contribution in [0.1, 0.15) is 30.8 Å². The van der Waals surface area contributed by atoms with Crippen molar-refractivity contribution in [3.8, 4) is 11.5 Å². The van der Waals surface area contributed by atoms with Crippen LogP contribution >= 0.6 is 0 Å². The fraction of sp³-hybridized carbons (Fsp3) is 0.381. The molecule has 32 heavy (non-hydrogen) atoms. The van der Waals surface area contributed by atoms with Gasteiger partial charge in [-0.1, -0.05) is 6.07 Å². The molecule has 0 radical (unpaired) electrons. The molecule has 11 nitrogen and oxygen atoms in total. The van der Waals surface area contributed by atoms with Gasteiger partial charge < -0.3 is 14.8 Å². The lowest BCUT2D eigenvalue weighted by Crippen LogP contribution is -2.20. The number of rotatable bonds is 10. The molecule has 1 amide bonds. The lowest BCUT2D eigenvalue weighted by Gasteiger charge is -2.12. The fourth-order valence-corrected chi connectivity index (χ4v) is 3.34. The van der Waals surface area contributed by atoms with E-state index in [1.807, 2.05) is 32.0 Å². The molecular weight excluding hydrogens is 416 g/mol. The van der Waals surface area contributed by atoms with E-state index in [-0.39, 0.29) is 23.8 Å². The van der Waals surface area contributed by atoms with Crippen LogP contribution in [0.25, 0.3) is 0 Å². The Balaban J connectivity index is 1.65. The Morgan fingerprint density at radius 1 is 1.19 bits per heavy atom. The molecule has 11 heteroatoms. The molecule has 0 saturated heterocycles. The summed E-state index contributed by atoms with van der Waals surface area (Å²) >= 11 is 0. The van der Waals surface area contributed by atoms with E-state index < -0.39 is 4.92 Å². The summed E-state index contributed by atoms with van der Waals surface area (Å²) in [6.45, 7) is 8.35. The lowest BCUT2D eigenvalue weighted by molar-refractivity contribution is -0.386. The summed E-state index contributed by atoms with van der Waals surface area (Å²) in [6.07, 6.45) is 3.25. The number of carbonyl (C=O) groups excluding carboxylic acids is 1. The molecule has 170 valence electrons. The van der Waals surface area contributed by atoms with E-state index in [0.717, 1.165) is 5.56 Å². The van der Waals surface area contributed by atoms with Crippen LogP contribution in [0.15, 0.2) is 30.6 Å². The van der Waals surface area contributed by atoms with Gasteiger partial charge in [0, 0.05) is 6.20 Å². The molecule has 0 saturated carbocycles. The monoisotopic (exact) mass is 442 g/mol. The minimum Gasteiger partial charge on any atom is -0.490 e. The topological polar surface area (TPSA) is 126 Å². The van der Waals surface area contributed by atoms with Crippen molar-refractivity contribution in [2.45, 2.75) is 40.8 Å². The molecule has 0 aliphatic carbocycles. The van der Waals surface area contributed by atoms with Gasteiger partial charge in [-0.2, -0.15) is 10.2 Å². The average Bonchev–Trinajstić information content (AvgIpc) is 3.27. The summed E-state index contributed by atoms with van der Waals surface area (Å²) < 4.78 is 14.2. The third kappa shape index (κ3) is 5.23. The zero-order chi connectivity index (χ0) is 23.3. The van der Waals surface area contributed by atoms with Crippen LogP contribution in [0.3, 0.4) is 0 Å². The van der Waals surface area contributed by atoms with Crippen LogP contribution in [0.4, 0.5) is 11.4 Å². The van der Waals surface area contributed by atoms with Crippen LogP contribution in [-0.2, 0) is 17.9 Å². The summed E-state index contributed by atoms with van der Waals surface area (Å²) in [6, 6.07) is 5.71. The maximum Gasteiger partial charge on any atom is 0.312 e. The highest BCUT2D eigenvalue weighted by Gasteiger charge is 2.22. The second-order valence-corrected chi connectivity index (χ2v) is 7.06. The largest absolute Gasteiger partial charge is 0.490 e. The summed E-state index contributed by atoms with van der Waals surface area (Å²) in [5.74, 6) is 1.01. The summed E-state index contributed by atoms with van der Waals surface area (Å²) in [7, 11) is 0. The molecule has 0 aliphatic rings. The Morgan fingerprint density at radius 2 is 1.91 bits per heavy atom. The predicted molar refractivity (Wildman–Crippen MR) is 117 cm³/mol. The highest BCUT2D eigenvalue weighted by molar-refractivity contribution is 5.90. The van der Waals surface area contributed by atoms with Gasteiger partial charge in [-0.15, -0.1) is 0 Å². The quantitative estimate of drug-likeness (QED) is 0.378. The maximum absolute atomic E-state index is 12.4. The van der Waals surface area contributed by atoms with Crippen molar-refractivity contribution in [2.75, 3.05) is 18.5 Å². The number of nitro groups is 1. The van der Waals surface area contributed by atoms with Crippen molar-refractivity contribution < 1.29 is 19.2 Å². The molecule has 0 fully saturated rings. The standard InChI is InChI=1S/C21H26N6O5/c1-5-31-18-8-7-16(9-19(18)32-6-2)11-25-12-17(10-22-25)23-20(28)13-26-15(4)21(27(29)30)14(3)24-26/h7-10,12H,5-6,11,13H2,1-4H3,(H,23,28). The number of carbonyl (C=O) groups is 1. The van der Waals surface area contributed by atoms with Gasteiger partial charge in [-0.25, -0.2) is 0 Å². The highest BCUT2D eigenvalue weighted by atomic mass is 16.6. The Bertz CT molecular complexity index is 1120. The van der Waals surface area contributed by atoms with Crippen molar-refractivity contribution in [2.24, 2.45) is 0 Å². The van der Waals surface area contributed by atoms with Gasteiger partial charge in [0.15, 0.2) is 11.5 Å². The van der Waals surface area contributed by atoms with Crippen LogP contribution in [-0.4, -0.2) is 43.6 Å². The number of nitrogens with one attached hydrogen (secondary N) is 1. The van der Waals surface area contributed by atoms with Crippen LogP contribution in [0, 0.1) is 24.0 Å². The third-order valence-electron chi connectivity index (χ3n) is 4.69. The molecule has 2 aromatic heterocycles. The SMILES string of the molecule is CCOc1ccc(Cn2cc(NC(=O)Cn3nc(C)c([N+](=O)[O-])c3C)cn2)cc1OCC. The molecule has 0 atom stereocenters. The van der Waals surface area contributed by atoms with Crippen molar-refractivity contribution in [1.29, 1.82) is 0 Å². The van der Waals surface area contributed by atoms with Gasteiger partial charge in [-0.05, 0) is 45.4 Å². The number of nitrogens with zero attached hydrogens (tertiary/aromatic N) is 5. The van der Waals surface area contributed by atoms with Gasteiger partial charge in [0.2, 0.25) is 5.91 Å². The number of aromatic nitrogens is 4. The van der Waals surface area contributed by atoms with Crippen LogP contribution in [0.2, 0.25) is 0 Å². The second kappa shape index (κ2) is 9.94. The van der Waals surface area contributed by atoms with Crippen LogP contribution < -0.4 is 14.8 Å². The van der Waals surface area contributed by atoms with E-state index in [1.165, 1.54) is 4.68 Å². The van der Waals surface area contributed by atoms with Crippen LogP contribution in [0.5, 0.6) is 11.5 Å². The third-order valence-corrected chi connectivity index (χ3v) is 4.69. The first kappa shape index (κ1) is 22.8. The lowest BCUT2D eigenvalue weighted by atomic mass is 10.2. The Hall–Kier alpha value is -3.89. The average molecular weight is 442 g/mol. The second-order valence-electron chi connectivity index (χ2n) is 7.06. The van der Waals surface area contributed by atoms with Gasteiger partial charge in [-0.3, -0.25) is 24.3 Å². The molecule has 0 bridgehead atoms. The molecule has 1 N–H and O–H groups in total. The Morgan fingerprint density at radius 3 is 2.56 bits per heavy atom. The smallest absolute Gasteiger partial charge is 0.312 e. The molecule has 2 heterocycles. The number of aryl methyl sites for hydroxylation is 1. The van der Waals surface area contributed by atoms with E-state index in [0.29, 0.717) is 42.6 Å². The zero-order valence-corrected chi connectivity index (χ0v) is 18.5. The van der Waals surface area contributed by atoms with Gasteiger partial charge in [0.05, 0.1) is 36.6 Å². The number of ether oxygens (including phenoxy) is 2. The summed E-state index contributed by atoms with van der Waals surface area (Å²) in [4.78, 5) is 23.0. The van der Waals surface area contributed by atoms with E-state index in [9.17, 15) is 14.9 Å². The number of hydrogen-bond donors (Lipinski definition) is 1. The van der Waals surface area contributed by atoms with Gasteiger partial charge >= 0.3 is 5.69 Å².